The van der Waals surface area contributed by atoms with Crippen LogP contribution in [-0.4, -0.2) is 13.1 Å². The molecule has 24 heavy (non-hydrogen) atoms. The van der Waals surface area contributed by atoms with Crippen LogP contribution < -0.4 is 4.74 Å². The minimum absolute atomic E-state index is 0.00131. The van der Waals surface area contributed by atoms with Gasteiger partial charge in [0.25, 0.3) is 0 Å². The molecule has 0 saturated carbocycles. The largest absolute Gasteiger partial charge is 0.488 e. The highest BCUT2D eigenvalue weighted by Gasteiger charge is 2.17. The monoisotopic (exact) mass is 328 g/mol. The van der Waals surface area contributed by atoms with Gasteiger partial charge in [-0.15, -0.1) is 0 Å². The average molecular weight is 328 g/mol. The summed E-state index contributed by atoms with van der Waals surface area (Å²) >= 11 is 0. The lowest BCUT2D eigenvalue weighted by Crippen LogP contribution is -2.04. The number of carbonyl (C=O) groups is 1. The zero-order valence-electron chi connectivity index (χ0n) is 12.9. The van der Waals surface area contributed by atoms with Crippen molar-refractivity contribution in [3.8, 4) is 5.75 Å². The van der Waals surface area contributed by atoms with Crippen molar-refractivity contribution in [2.24, 2.45) is 0 Å². The first-order chi connectivity index (χ1) is 11.6. The van der Waals surface area contributed by atoms with Gasteiger partial charge in [0.15, 0.2) is 11.6 Å². The van der Waals surface area contributed by atoms with E-state index in [0.29, 0.717) is 5.39 Å². The van der Waals surface area contributed by atoms with E-state index in [0.717, 1.165) is 11.6 Å². The number of carbonyl (C=O) groups excluding carboxylic acids is 1. The van der Waals surface area contributed by atoms with Gasteiger partial charge in [-0.3, -0.25) is 0 Å². The Morgan fingerprint density at radius 1 is 1.04 bits per heavy atom. The fraction of sp³-hybridized carbons (Fsp3) is 0.105. The van der Waals surface area contributed by atoms with Crippen LogP contribution in [0.4, 0.5) is 8.78 Å². The fourth-order valence-corrected chi connectivity index (χ4v) is 2.44. The number of ether oxygens (including phenoxy) is 2. The molecule has 0 unspecified atom stereocenters. The van der Waals surface area contributed by atoms with Crippen LogP contribution >= 0.6 is 0 Å². The van der Waals surface area contributed by atoms with Gasteiger partial charge in [0.1, 0.15) is 12.4 Å². The molecular formula is C19H14F2O3. The third kappa shape index (κ3) is 3.06. The molecule has 0 spiro atoms. The molecule has 5 heteroatoms. The van der Waals surface area contributed by atoms with Gasteiger partial charge in [-0.2, -0.15) is 0 Å². The summed E-state index contributed by atoms with van der Waals surface area (Å²) in [6.45, 7) is 0.163. The second-order valence-corrected chi connectivity index (χ2v) is 5.20. The van der Waals surface area contributed by atoms with Crippen LogP contribution in [0.2, 0.25) is 0 Å². The van der Waals surface area contributed by atoms with Crippen LogP contribution in [0.25, 0.3) is 10.8 Å². The second kappa shape index (κ2) is 6.66. The quantitative estimate of drug-likeness (QED) is 0.662. The van der Waals surface area contributed by atoms with Gasteiger partial charge in [-0.05, 0) is 29.1 Å². The van der Waals surface area contributed by atoms with Crippen molar-refractivity contribution in [2.75, 3.05) is 7.11 Å². The minimum Gasteiger partial charge on any atom is -0.488 e. The smallest absolute Gasteiger partial charge is 0.338 e. The molecular weight excluding hydrogens is 314 g/mol. The SMILES string of the molecule is COC(=O)c1cc(OCc2ccccc2)c2c(F)c(F)ccc2c1. The third-order valence-corrected chi connectivity index (χ3v) is 3.63. The van der Waals surface area contributed by atoms with Crippen molar-refractivity contribution >= 4 is 16.7 Å². The summed E-state index contributed by atoms with van der Waals surface area (Å²) < 4.78 is 38.2. The minimum atomic E-state index is -1.01. The predicted molar refractivity (Wildman–Crippen MR) is 86.0 cm³/mol. The number of rotatable bonds is 4. The third-order valence-electron chi connectivity index (χ3n) is 3.63. The standard InChI is InChI=1S/C19H14F2O3/c1-23-19(22)14-9-13-7-8-15(20)18(21)17(13)16(10-14)24-11-12-5-3-2-4-6-12/h2-10H,11H2,1H3. The molecule has 122 valence electrons. The van der Waals surface area contributed by atoms with Crippen molar-refractivity contribution < 1.29 is 23.0 Å². The highest BCUT2D eigenvalue weighted by molar-refractivity contribution is 5.98. The van der Waals surface area contributed by atoms with Crippen molar-refractivity contribution in [1.82, 2.24) is 0 Å². The molecule has 0 saturated heterocycles. The van der Waals surface area contributed by atoms with Crippen molar-refractivity contribution in [3.63, 3.8) is 0 Å². The molecule has 3 nitrogen and oxygen atoms in total. The first-order valence-electron chi connectivity index (χ1n) is 7.27. The van der Waals surface area contributed by atoms with Crippen molar-refractivity contribution in [3.05, 3.63) is 77.4 Å². The van der Waals surface area contributed by atoms with Crippen LogP contribution in [-0.2, 0) is 11.3 Å². The van der Waals surface area contributed by atoms with Crippen molar-refractivity contribution in [1.29, 1.82) is 0 Å². The van der Waals surface area contributed by atoms with Gasteiger partial charge in [0, 0.05) is 0 Å². The second-order valence-electron chi connectivity index (χ2n) is 5.20. The maximum absolute atomic E-state index is 14.2. The molecule has 0 N–H and O–H groups in total. The van der Waals surface area contributed by atoms with Crippen LogP contribution in [0.5, 0.6) is 5.75 Å². The molecule has 3 rings (SSSR count). The molecule has 0 bridgehead atoms. The Balaban J connectivity index is 2.08. The van der Waals surface area contributed by atoms with Gasteiger partial charge < -0.3 is 9.47 Å². The van der Waals surface area contributed by atoms with E-state index in [-0.39, 0.29) is 23.3 Å². The first-order valence-corrected chi connectivity index (χ1v) is 7.27. The summed E-state index contributed by atoms with van der Waals surface area (Å²) in [6.07, 6.45) is 0. The summed E-state index contributed by atoms with van der Waals surface area (Å²) in [5, 5.41) is 0.360. The van der Waals surface area contributed by atoms with Crippen LogP contribution in [0.1, 0.15) is 15.9 Å². The summed E-state index contributed by atoms with van der Waals surface area (Å²) in [4.78, 5) is 11.8. The molecule has 0 aromatic heterocycles. The van der Waals surface area contributed by atoms with Gasteiger partial charge in [-0.1, -0.05) is 36.4 Å². The number of fused-ring (bicyclic) bond motifs is 1. The van der Waals surface area contributed by atoms with E-state index in [1.807, 2.05) is 30.3 Å². The highest BCUT2D eigenvalue weighted by atomic mass is 19.2. The van der Waals surface area contributed by atoms with E-state index < -0.39 is 17.6 Å². The maximum atomic E-state index is 14.2. The van der Waals surface area contributed by atoms with Crippen LogP contribution in [0, 0.1) is 11.6 Å². The lowest BCUT2D eigenvalue weighted by atomic mass is 10.0. The first kappa shape index (κ1) is 15.9. The zero-order valence-corrected chi connectivity index (χ0v) is 12.9. The molecule has 0 amide bonds. The molecule has 0 atom stereocenters. The Hall–Kier alpha value is -2.95. The predicted octanol–water partition coefficient (Wildman–Crippen LogP) is 4.48. The number of halogens is 2. The van der Waals surface area contributed by atoms with E-state index in [9.17, 15) is 13.6 Å². The number of esters is 1. The Morgan fingerprint density at radius 2 is 1.79 bits per heavy atom. The van der Waals surface area contributed by atoms with E-state index in [1.54, 1.807) is 0 Å². The molecule has 0 aliphatic heterocycles. The van der Waals surface area contributed by atoms with Gasteiger partial charge in [-0.25, -0.2) is 13.6 Å². The molecule has 0 aliphatic rings. The lowest BCUT2D eigenvalue weighted by Gasteiger charge is -2.12. The summed E-state index contributed by atoms with van der Waals surface area (Å²) in [6, 6.07) is 14.5. The van der Waals surface area contributed by atoms with E-state index >= 15 is 0 Å². The molecule has 0 fully saturated rings. The van der Waals surface area contributed by atoms with Gasteiger partial charge >= 0.3 is 5.97 Å². The molecule has 0 aliphatic carbocycles. The number of hydrogen-bond acceptors (Lipinski definition) is 3. The summed E-state index contributed by atoms with van der Waals surface area (Å²) in [5.74, 6) is -2.47. The number of hydrogen-bond donors (Lipinski definition) is 0. The van der Waals surface area contributed by atoms with Gasteiger partial charge in [0.2, 0.25) is 0 Å². The van der Waals surface area contributed by atoms with Gasteiger partial charge in [0.05, 0.1) is 18.1 Å². The van der Waals surface area contributed by atoms with Crippen LogP contribution in [0.15, 0.2) is 54.6 Å². The molecule has 0 radical (unpaired) electrons. The molecule has 3 aromatic carbocycles. The van der Waals surface area contributed by atoms with Crippen LogP contribution in [0.3, 0.4) is 0 Å². The highest BCUT2D eigenvalue weighted by Crippen LogP contribution is 2.32. The number of methoxy groups -OCH3 is 1. The molecule has 0 heterocycles. The average Bonchev–Trinajstić information content (AvgIpc) is 2.62. The normalized spacial score (nSPS) is 10.6. The Bertz CT molecular complexity index is 892. The number of benzene rings is 3. The topological polar surface area (TPSA) is 35.5 Å². The molecule has 3 aromatic rings. The Labute approximate surface area is 137 Å². The lowest BCUT2D eigenvalue weighted by molar-refractivity contribution is 0.0600. The summed E-state index contributed by atoms with van der Waals surface area (Å²) in [7, 11) is 1.25. The fourth-order valence-electron chi connectivity index (χ4n) is 2.44. The Kier molecular flexibility index (Phi) is 4.42. The van der Waals surface area contributed by atoms with E-state index in [1.165, 1.54) is 25.3 Å². The maximum Gasteiger partial charge on any atom is 0.338 e. The van der Waals surface area contributed by atoms with E-state index in [2.05, 4.69) is 0 Å². The van der Waals surface area contributed by atoms with E-state index in [4.69, 9.17) is 9.47 Å². The van der Waals surface area contributed by atoms with Crippen molar-refractivity contribution in [2.45, 2.75) is 6.61 Å². The Morgan fingerprint density at radius 3 is 2.50 bits per heavy atom. The summed E-state index contributed by atoms with van der Waals surface area (Å²) in [5.41, 5.74) is 1.07. The zero-order chi connectivity index (χ0) is 17.1.